The molecule has 134 valence electrons. The van der Waals surface area contributed by atoms with Gasteiger partial charge >= 0.3 is 17.8 Å². The second-order valence-corrected chi connectivity index (χ2v) is 5.69. The van der Waals surface area contributed by atoms with Gasteiger partial charge in [0.1, 0.15) is 12.3 Å². The highest BCUT2D eigenvalue weighted by Crippen LogP contribution is 2.19. The van der Waals surface area contributed by atoms with Gasteiger partial charge in [-0.15, -0.1) is 0 Å². The van der Waals surface area contributed by atoms with Crippen molar-refractivity contribution in [2.75, 3.05) is 27.2 Å². The van der Waals surface area contributed by atoms with Gasteiger partial charge in [0, 0.05) is 25.7 Å². The molecule has 1 saturated heterocycles. The zero-order valence-corrected chi connectivity index (χ0v) is 14.5. The fourth-order valence-electron chi connectivity index (χ4n) is 2.54. The summed E-state index contributed by atoms with van der Waals surface area (Å²) in [7, 11) is 3.10. The van der Waals surface area contributed by atoms with Crippen LogP contribution in [0.25, 0.3) is 0 Å². The van der Waals surface area contributed by atoms with E-state index in [1.165, 1.54) is 12.0 Å². The van der Waals surface area contributed by atoms with Crippen LogP contribution in [0.2, 0.25) is 0 Å². The van der Waals surface area contributed by atoms with E-state index in [2.05, 4.69) is 0 Å². The lowest BCUT2D eigenvalue weighted by atomic mass is 10.2. The molecule has 0 aromatic heterocycles. The summed E-state index contributed by atoms with van der Waals surface area (Å²) in [5, 5.41) is 0. The van der Waals surface area contributed by atoms with Gasteiger partial charge in [0.2, 0.25) is 5.91 Å². The van der Waals surface area contributed by atoms with E-state index < -0.39 is 30.3 Å². The first-order valence-corrected chi connectivity index (χ1v) is 7.93. The maximum atomic E-state index is 12.4. The lowest BCUT2D eigenvalue weighted by Gasteiger charge is -2.21. The van der Waals surface area contributed by atoms with Crippen molar-refractivity contribution >= 4 is 23.8 Å². The van der Waals surface area contributed by atoms with Gasteiger partial charge in [0.15, 0.2) is 0 Å². The lowest BCUT2D eigenvalue weighted by Crippen LogP contribution is -2.42. The average molecular weight is 347 g/mol. The summed E-state index contributed by atoms with van der Waals surface area (Å²) in [6.45, 7) is 1.74. The zero-order chi connectivity index (χ0) is 18.6. The normalized spacial score (nSPS) is 14.3. The molecule has 8 nitrogen and oxygen atoms in total. The van der Waals surface area contributed by atoms with Gasteiger partial charge in [0.05, 0.1) is 7.11 Å². The number of ether oxygens (including phenoxy) is 1. The van der Waals surface area contributed by atoms with Crippen molar-refractivity contribution in [2.45, 2.75) is 19.9 Å². The second-order valence-electron chi connectivity index (χ2n) is 5.69. The van der Waals surface area contributed by atoms with E-state index in [0.717, 1.165) is 10.5 Å². The molecule has 8 heteroatoms. The highest BCUT2D eigenvalue weighted by molar-refractivity contribution is 6.45. The minimum atomic E-state index is -0.961. The van der Waals surface area contributed by atoms with E-state index in [4.69, 9.17) is 4.74 Å². The van der Waals surface area contributed by atoms with Crippen LogP contribution in [0.15, 0.2) is 24.3 Å². The number of rotatable bonds is 7. The SMILES string of the molecule is CCCN1C(=O)C(=O)N(CC(=O)N(C)Cc2ccccc2OC)C1=O. The molecule has 1 heterocycles. The van der Waals surface area contributed by atoms with Crippen LogP contribution in [-0.4, -0.2) is 65.7 Å². The number of methoxy groups -OCH3 is 1. The number of hydrogen-bond acceptors (Lipinski definition) is 5. The number of hydrogen-bond donors (Lipinski definition) is 0. The Morgan fingerprint density at radius 1 is 1.12 bits per heavy atom. The van der Waals surface area contributed by atoms with E-state index in [0.29, 0.717) is 17.1 Å². The molecular weight excluding hydrogens is 326 g/mol. The first-order chi connectivity index (χ1) is 11.9. The van der Waals surface area contributed by atoms with Crippen molar-refractivity contribution in [3.8, 4) is 5.75 Å². The van der Waals surface area contributed by atoms with Gasteiger partial charge in [-0.1, -0.05) is 25.1 Å². The van der Waals surface area contributed by atoms with Crippen molar-refractivity contribution in [3.63, 3.8) is 0 Å². The van der Waals surface area contributed by atoms with Crippen molar-refractivity contribution in [1.82, 2.24) is 14.7 Å². The number of urea groups is 1. The van der Waals surface area contributed by atoms with Crippen LogP contribution in [-0.2, 0) is 20.9 Å². The number of amides is 5. The van der Waals surface area contributed by atoms with Gasteiger partial charge in [-0.3, -0.25) is 19.3 Å². The Morgan fingerprint density at radius 2 is 1.76 bits per heavy atom. The van der Waals surface area contributed by atoms with Crippen molar-refractivity contribution in [3.05, 3.63) is 29.8 Å². The summed E-state index contributed by atoms with van der Waals surface area (Å²) in [5.74, 6) is -1.65. The molecule has 0 bridgehead atoms. The molecule has 1 aromatic carbocycles. The monoisotopic (exact) mass is 347 g/mol. The average Bonchev–Trinajstić information content (AvgIpc) is 2.80. The first kappa shape index (κ1) is 18.4. The molecular formula is C17H21N3O5. The summed E-state index contributed by atoms with van der Waals surface area (Å²) in [5.41, 5.74) is 0.795. The predicted octanol–water partition coefficient (Wildman–Crippen LogP) is 0.854. The van der Waals surface area contributed by atoms with Crippen molar-refractivity contribution in [2.24, 2.45) is 0 Å². The number of carbonyl (C=O) groups is 4. The van der Waals surface area contributed by atoms with Gasteiger partial charge < -0.3 is 9.64 Å². The largest absolute Gasteiger partial charge is 0.496 e. The zero-order valence-electron chi connectivity index (χ0n) is 14.5. The third kappa shape index (κ3) is 3.78. The second kappa shape index (κ2) is 7.78. The highest BCUT2D eigenvalue weighted by atomic mass is 16.5. The number of benzene rings is 1. The van der Waals surface area contributed by atoms with Crippen LogP contribution in [0.5, 0.6) is 5.75 Å². The van der Waals surface area contributed by atoms with E-state index >= 15 is 0 Å². The Bertz CT molecular complexity index is 703. The lowest BCUT2D eigenvalue weighted by molar-refractivity contribution is -0.144. The Hall–Kier alpha value is -2.90. The molecule has 5 amide bonds. The third-order valence-corrected chi connectivity index (χ3v) is 3.90. The molecule has 1 fully saturated rings. The Labute approximate surface area is 145 Å². The first-order valence-electron chi connectivity index (χ1n) is 7.93. The van der Waals surface area contributed by atoms with Gasteiger partial charge in [-0.05, 0) is 12.5 Å². The van der Waals surface area contributed by atoms with E-state index in [9.17, 15) is 19.2 Å². The molecule has 0 unspecified atom stereocenters. The standard InChI is InChI=1S/C17H21N3O5/c1-4-9-19-15(22)16(23)20(17(19)24)11-14(21)18(2)10-12-7-5-6-8-13(12)25-3/h5-8H,4,9-11H2,1-3H3. The highest BCUT2D eigenvalue weighted by Gasteiger charge is 2.44. The van der Waals surface area contributed by atoms with Crippen molar-refractivity contribution in [1.29, 1.82) is 0 Å². The van der Waals surface area contributed by atoms with E-state index in [1.54, 1.807) is 20.0 Å². The molecule has 1 aliphatic heterocycles. The van der Waals surface area contributed by atoms with Gasteiger partial charge in [0.25, 0.3) is 0 Å². The number of likely N-dealkylation sites (N-methyl/N-ethyl adjacent to an activating group) is 1. The molecule has 25 heavy (non-hydrogen) atoms. The molecule has 1 aromatic rings. The fourth-order valence-corrected chi connectivity index (χ4v) is 2.54. The molecule has 0 aliphatic carbocycles. The molecule has 0 saturated carbocycles. The van der Waals surface area contributed by atoms with Gasteiger partial charge in [-0.25, -0.2) is 9.69 Å². The number of nitrogens with zero attached hydrogens (tertiary/aromatic N) is 3. The predicted molar refractivity (Wildman–Crippen MR) is 88.6 cm³/mol. The van der Waals surface area contributed by atoms with Crippen LogP contribution in [0.4, 0.5) is 4.79 Å². The van der Waals surface area contributed by atoms with Crippen molar-refractivity contribution < 1.29 is 23.9 Å². The quantitative estimate of drug-likeness (QED) is 0.539. The minimum Gasteiger partial charge on any atom is -0.496 e. The molecule has 0 N–H and O–H groups in total. The maximum Gasteiger partial charge on any atom is 0.334 e. The van der Waals surface area contributed by atoms with Crippen LogP contribution < -0.4 is 4.74 Å². The Kier molecular flexibility index (Phi) is 5.74. The van der Waals surface area contributed by atoms with Gasteiger partial charge in [-0.2, -0.15) is 0 Å². The molecule has 2 rings (SSSR count). The Balaban J connectivity index is 2.05. The molecule has 1 aliphatic rings. The molecule has 0 radical (unpaired) electrons. The fraction of sp³-hybridized carbons (Fsp3) is 0.412. The summed E-state index contributed by atoms with van der Waals surface area (Å²) in [6.07, 6.45) is 0.542. The van der Waals surface area contributed by atoms with Crippen LogP contribution in [0, 0.1) is 0 Å². The van der Waals surface area contributed by atoms with Crippen LogP contribution in [0.3, 0.4) is 0 Å². The third-order valence-electron chi connectivity index (χ3n) is 3.90. The maximum absolute atomic E-state index is 12.4. The van der Waals surface area contributed by atoms with E-state index in [1.807, 2.05) is 18.2 Å². The van der Waals surface area contributed by atoms with Crippen LogP contribution >= 0.6 is 0 Å². The minimum absolute atomic E-state index is 0.158. The summed E-state index contributed by atoms with van der Waals surface area (Å²) in [6, 6.07) is 6.50. The summed E-state index contributed by atoms with van der Waals surface area (Å²) >= 11 is 0. The Morgan fingerprint density at radius 3 is 2.40 bits per heavy atom. The van der Waals surface area contributed by atoms with E-state index in [-0.39, 0.29) is 13.1 Å². The molecule has 0 spiro atoms. The number of imide groups is 2. The summed E-state index contributed by atoms with van der Waals surface area (Å²) < 4.78 is 5.24. The molecule has 0 atom stereocenters. The number of para-hydroxylation sites is 1. The smallest absolute Gasteiger partial charge is 0.334 e. The topological polar surface area (TPSA) is 87.2 Å². The number of carbonyl (C=O) groups excluding carboxylic acids is 4. The van der Waals surface area contributed by atoms with Crippen LogP contribution in [0.1, 0.15) is 18.9 Å². The summed E-state index contributed by atoms with van der Waals surface area (Å²) in [4.78, 5) is 51.2.